The van der Waals surface area contributed by atoms with Crippen LogP contribution in [0.5, 0.6) is 0 Å². The fourth-order valence-corrected chi connectivity index (χ4v) is 3.03. The Bertz CT molecular complexity index is 620. The van der Waals surface area contributed by atoms with E-state index in [2.05, 4.69) is 20.9 Å². The Morgan fingerprint density at radius 1 is 1.37 bits per heavy atom. The van der Waals surface area contributed by atoms with Crippen LogP contribution in [-0.2, 0) is 6.42 Å². The topological polar surface area (TPSA) is 67.3 Å². The van der Waals surface area contributed by atoms with Gasteiger partial charge in [-0.1, -0.05) is 34.1 Å². The fourth-order valence-electron chi connectivity index (χ4n) is 1.63. The van der Waals surface area contributed by atoms with Crippen molar-refractivity contribution in [2.24, 2.45) is 0 Å². The largest absolute Gasteiger partial charge is 0.476 e. The highest BCUT2D eigenvalue weighted by atomic mass is 79.9. The minimum atomic E-state index is -1.17. The van der Waals surface area contributed by atoms with E-state index in [1.54, 1.807) is 0 Å². The number of carbonyl (C=O) groups is 2. The zero-order chi connectivity index (χ0) is 14.0. The molecular weight excluding hydrogens is 330 g/mol. The number of carboxylic acid groups (broad SMARTS) is 1. The summed E-state index contributed by atoms with van der Waals surface area (Å²) in [6, 6.07) is 7.64. The molecule has 0 aliphatic rings. The lowest BCUT2D eigenvalue weighted by atomic mass is 10.2. The van der Waals surface area contributed by atoms with E-state index >= 15 is 0 Å². The summed E-state index contributed by atoms with van der Waals surface area (Å²) in [7, 11) is 0. The van der Waals surface area contributed by atoms with Crippen LogP contribution in [0.3, 0.4) is 0 Å². The molecule has 6 heteroatoms. The van der Waals surface area contributed by atoms with Gasteiger partial charge in [-0.15, -0.1) is 11.3 Å². The quantitative estimate of drug-likeness (QED) is 0.867. The van der Waals surface area contributed by atoms with Crippen molar-refractivity contribution in [2.45, 2.75) is 13.3 Å². The van der Waals surface area contributed by atoms with E-state index in [1.165, 1.54) is 6.92 Å². The Morgan fingerprint density at radius 2 is 2.05 bits per heavy atom. The molecule has 0 aliphatic carbocycles. The predicted molar refractivity (Wildman–Crippen MR) is 76.0 cm³/mol. The monoisotopic (exact) mass is 339 g/mol. The van der Waals surface area contributed by atoms with Gasteiger partial charge in [0.05, 0.1) is 5.01 Å². The van der Waals surface area contributed by atoms with E-state index in [1.807, 2.05) is 24.3 Å². The smallest absolute Gasteiger partial charge is 0.356 e. The van der Waals surface area contributed by atoms with Gasteiger partial charge < -0.3 is 5.11 Å². The number of Topliss-reactive ketones (excluding diaryl/α,β-unsaturated/α-hetero) is 1. The number of carbonyl (C=O) groups excluding carboxylic acids is 1. The number of thiazole rings is 1. The number of halogens is 1. The highest BCUT2D eigenvalue weighted by molar-refractivity contribution is 9.10. The maximum absolute atomic E-state index is 11.4. The molecular formula is C13H10BrNO3S. The Kier molecular flexibility index (Phi) is 4.11. The normalized spacial score (nSPS) is 10.4. The Morgan fingerprint density at radius 3 is 2.58 bits per heavy atom. The first-order valence-corrected chi connectivity index (χ1v) is 7.07. The summed E-state index contributed by atoms with van der Waals surface area (Å²) in [5.41, 5.74) is 0.850. The zero-order valence-electron chi connectivity index (χ0n) is 10.0. The van der Waals surface area contributed by atoms with Gasteiger partial charge in [-0.2, -0.15) is 0 Å². The van der Waals surface area contributed by atoms with Crippen LogP contribution in [0.25, 0.3) is 0 Å². The number of hydrogen-bond acceptors (Lipinski definition) is 4. The molecule has 0 radical (unpaired) electrons. The summed E-state index contributed by atoms with van der Waals surface area (Å²) in [6.45, 7) is 1.35. The van der Waals surface area contributed by atoms with Crippen molar-refractivity contribution >= 4 is 39.0 Å². The van der Waals surface area contributed by atoms with Crippen molar-refractivity contribution in [3.63, 3.8) is 0 Å². The van der Waals surface area contributed by atoms with Gasteiger partial charge >= 0.3 is 5.97 Å². The standard InChI is InChI=1S/C13H10BrNO3S/c1-7(16)12-11(13(17)18)15-10(19-12)6-8-4-2-3-5-9(8)14/h2-5H,6H2,1H3,(H,17,18). The number of aromatic nitrogens is 1. The van der Waals surface area contributed by atoms with Gasteiger partial charge in [0.1, 0.15) is 4.88 Å². The van der Waals surface area contributed by atoms with Crippen molar-refractivity contribution < 1.29 is 14.7 Å². The molecule has 0 bridgehead atoms. The lowest BCUT2D eigenvalue weighted by Crippen LogP contribution is -2.03. The van der Waals surface area contributed by atoms with Crippen molar-refractivity contribution in [1.29, 1.82) is 0 Å². The van der Waals surface area contributed by atoms with Crippen molar-refractivity contribution in [3.8, 4) is 0 Å². The van der Waals surface area contributed by atoms with Crippen LogP contribution in [-0.4, -0.2) is 21.8 Å². The number of rotatable bonds is 4. The maximum Gasteiger partial charge on any atom is 0.356 e. The van der Waals surface area contributed by atoms with Gasteiger partial charge in [-0.25, -0.2) is 9.78 Å². The average Bonchev–Trinajstić information content (AvgIpc) is 2.76. The van der Waals surface area contributed by atoms with Gasteiger partial charge in [0.15, 0.2) is 11.5 Å². The molecule has 4 nitrogen and oxygen atoms in total. The molecule has 0 fully saturated rings. The van der Waals surface area contributed by atoms with Gasteiger partial charge in [-0.05, 0) is 11.6 Å². The molecule has 0 unspecified atom stereocenters. The second-order valence-corrected chi connectivity index (χ2v) is 5.85. The van der Waals surface area contributed by atoms with E-state index in [-0.39, 0.29) is 16.4 Å². The highest BCUT2D eigenvalue weighted by Gasteiger charge is 2.20. The molecule has 0 atom stereocenters. The summed E-state index contributed by atoms with van der Waals surface area (Å²) in [4.78, 5) is 26.7. The summed E-state index contributed by atoms with van der Waals surface area (Å²) >= 11 is 4.57. The number of aromatic carboxylic acids is 1. The maximum atomic E-state index is 11.4. The Balaban J connectivity index is 2.37. The molecule has 0 saturated carbocycles. The molecule has 0 amide bonds. The molecule has 1 aromatic carbocycles. The summed E-state index contributed by atoms with van der Waals surface area (Å²) in [5.74, 6) is -1.44. The van der Waals surface area contributed by atoms with Crippen LogP contribution in [0.1, 0.15) is 37.7 Å². The van der Waals surface area contributed by atoms with E-state index in [0.717, 1.165) is 21.4 Å². The summed E-state index contributed by atoms with van der Waals surface area (Å²) in [6.07, 6.45) is 0.500. The first kappa shape index (κ1) is 13.9. The van der Waals surface area contributed by atoms with Crippen LogP contribution < -0.4 is 0 Å². The molecule has 0 aliphatic heterocycles. The first-order valence-electron chi connectivity index (χ1n) is 5.46. The van der Waals surface area contributed by atoms with E-state index in [9.17, 15) is 9.59 Å². The molecule has 2 aromatic rings. The molecule has 19 heavy (non-hydrogen) atoms. The molecule has 1 heterocycles. The predicted octanol–water partition coefficient (Wildman–Crippen LogP) is 3.40. The lowest BCUT2D eigenvalue weighted by Gasteiger charge is -2.00. The molecule has 1 aromatic heterocycles. The number of ketones is 1. The second-order valence-electron chi connectivity index (χ2n) is 3.91. The Labute approximate surface area is 122 Å². The number of hydrogen-bond donors (Lipinski definition) is 1. The minimum Gasteiger partial charge on any atom is -0.476 e. The lowest BCUT2D eigenvalue weighted by molar-refractivity contribution is 0.0687. The first-order chi connectivity index (χ1) is 8.99. The van der Waals surface area contributed by atoms with Crippen LogP contribution >= 0.6 is 27.3 Å². The molecule has 0 saturated heterocycles. The minimum absolute atomic E-state index is 0.153. The number of carboxylic acids is 1. The highest BCUT2D eigenvalue weighted by Crippen LogP contribution is 2.25. The zero-order valence-corrected chi connectivity index (χ0v) is 12.4. The van der Waals surface area contributed by atoms with E-state index in [4.69, 9.17) is 5.11 Å². The van der Waals surface area contributed by atoms with E-state index < -0.39 is 5.97 Å². The Hall–Kier alpha value is -1.53. The second kappa shape index (κ2) is 5.63. The van der Waals surface area contributed by atoms with Crippen LogP contribution in [0.4, 0.5) is 0 Å². The van der Waals surface area contributed by atoms with Crippen molar-refractivity contribution in [3.05, 3.63) is 49.9 Å². The van der Waals surface area contributed by atoms with Gasteiger partial charge in [0.2, 0.25) is 0 Å². The SMILES string of the molecule is CC(=O)c1sc(Cc2ccccc2Br)nc1C(=O)O. The van der Waals surface area contributed by atoms with Crippen LogP contribution in [0, 0.1) is 0 Å². The average molecular weight is 340 g/mol. The van der Waals surface area contributed by atoms with Gasteiger partial charge in [0.25, 0.3) is 0 Å². The van der Waals surface area contributed by atoms with Crippen molar-refractivity contribution in [2.75, 3.05) is 0 Å². The van der Waals surface area contributed by atoms with Crippen LogP contribution in [0.15, 0.2) is 28.7 Å². The molecule has 98 valence electrons. The third-order valence-electron chi connectivity index (χ3n) is 2.49. The number of benzene rings is 1. The molecule has 1 N–H and O–H groups in total. The molecule has 2 rings (SSSR count). The third-order valence-corrected chi connectivity index (χ3v) is 4.42. The van der Waals surface area contributed by atoms with Crippen molar-refractivity contribution in [1.82, 2.24) is 4.98 Å². The summed E-state index contributed by atoms with van der Waals surface area (Å²) in [5, 5.41) is 9.65. The van der Waals surface area contributed by atoms with E-state index in [0.29, 0.717) is 11.4 Å². The molecule has 0 spiro atoms. The van der Waals surface area contributed by atoms with Gasteiger partial charge in [0, 0.05) is 17.8 Å². The van der Waals surface area contributed by atoms with Crippen LogP contribution in [0.2, 0.25) is 0 Å². The third kappa shape index (κ3) is 3.08. The van der Waals surface area contributed by atoms with Gasteiger partial charge in [-0.3, -0.25) is 4.79 Å². The summed E-state index contributed by atoms with van der Waals surface area (Å²) < 4.78 is 0.937. The fraction of sp³-hybridized carbons (Fsp3) is 0.154. The number of nitrogens with zero attached hydrogens (tertiary/aromatic N) is 1.